The maximum Gasteiger partial charge on any atom is 0.255 e. The number of β-amino-alcohol motifs (C(OH)–C–C–N with tert-alkyl or cyclic N) is 1. The lowest BCUT2D eigenvalue weighted by Gasteiger charge is -2.30. The molecule has 2 heterocycles. The molecule has 6 heteroatoms. The van der Waals surface area contributed by atoms with Crippen LogP contribution in [0.1, 0.15) is 30.2 Å². The van der Waals surface area contributed by atoms with E-state index in [1.807, 2.05) is 18.2 Å². The molecule has 1 aliphatic heterocycles. The summed E-state index contributed by atoms with van der Waals surface area (Å²) in [6, 6.07) is 13.1. The van der Waals surface area contributed by atoms with E-state index in [4.69, 9.17) is 0 Å². The maximum atomic E-state index is 13.5. The second-order valence-electron chi connectivity index (χ2n) is 7.82. The van der Waals surface area contributed by atoms with Crippen LogP contribution in [0, 0.1) is 17.8 Å². The molecule has 2 aliphatic rings. The Labute approximate surface area is 158 Å². The van der Waals surface area contributed by atoms with Gasteiger partial charge in [0.05, 0.1) is 11.8 Å². The van der Waals surface area contributed by atoms with Crippen molar-refractivity contribution in [3.05, 3.63) is 59.7 Å². The van der Waals surface area contributed by atoms with Gasteiger partial charge in [0, 0.05) is 19.1 Å². The lowest BCUT2D eigenvalue weighted by molar-refractivity contribution is 0.0850. The van der Waals surface area contributed by atoms with Crippen LogP contribution in [0.3, 0.4) is 0 Å². The Balaban J connectivity index is 1.51. The summed E-state index contributed by atoms with van der Waals surface area (Å²) in [7, 11) is 0. The number of pyridine rings is 1. The standard InChI is InChI=1S/C21H25FN2O3/c22-21-19(26)7-6-17(23-21)20(27)12-24-11-14-9-15(25)10-16(14)18(24)8-13-4-2-1-3-5-13/h1-7,14-16,18,20,25-27H,8-12H2. The Kier molecular flexibility index (Phi) is 5.12. The Morgan fingerprint density at radius 1 is 1.15 bits per heavy atom. The molecule has 1 saturated heterocycles. The van der Waals surface area contributed by atoms with E-state index in [-0.39, 0.29) is 17.8 Å². The minimum Gasteiger partial charge on any atom is -0.504 e. The van der Waals surface area contributed by atoms with Crippen LogP contribution in [0.5, 0.6) is 5.75 Å². The number of aliphatic hydroxyl groups is 2. The van der Waals surface area contributed by atoms with Crippen LogP contribution in [0.15, 0.2) is 42.5 Å². The molecule has 144 valence electrons. The molecule has 27 heavy (non-hydrogen) atoms. The van der Waals surface area contributed by atoms with Crippen LogP contribution >= 0.6 is 0 Å². The number of rotatable bonds is 5. The van der Waals surface area contributed by atoms with E-state index < -0.39 is 17.8 Å². The van der Waals surface area contributed by atoms with Crippen LogP contribution in [-0.4, -0.2) is 50.4 Å². The normalized spacial score (nSPS) is 29.0. The highest BCUT2D eigenvalue weighted by Gasteiger charge is 2.47. The molecule has 0 amide bonds. The lowest BCUT2D eigenvalue weighted by Crippen LogP contribution is -2.38. The van der Waals surface area contributed by atoms with Crippen LogP contribution in [0.2, 0.25) is 0 Å². The van der Waals surface area contributed by atoms with E-state index in [2.05, 4.69) is 22.0 Å². The Bertz CT molecular complexity index is 788. The number of hydrogen-bond donors (Lipinski definition) is 3. The maximum absolute atomic E-state index is 13.5. The number of nitrogens with zero attached hydrogens (tertiary/aromatic N) is 2. The first-order chi connectivity index (χ1) is 13.0. The number of likely N-dealkylation sites (tertiary alicyclic amines) is 1. The third kappa shape index (κ3) is 3.83. The van der Waals surface area contributed by atoms with Gasteiger partial charge in [-0.05, 0) is 48.8 Å². The molecule has 5 nitrogen and oxygen atoms in total. The zero-order chi connectivity index (χ0) is 19.0. The highest BCUT2D eigenvalue weighted by atomic mass is 19.1. The summed E-state index contributed by atoms with van der Waals surface area (Å²) >= 11 is 0. The van der Waals surface area contributed by atoms with Crippen molar-refractivity contribution in [2.45, 2.75) is 37.5 Å². The quantitative estimate of drug-likeness (QED) is 0.702. The summed E-state index contributed by atoms with van der Waals surface area (Å²) in [6.45, 7) is 1.18. The van der Waals surface area contributed by atoms with Crippen molar-refractivity contribution in [3.8, 4) is 5.75 Å². The van der Waals surface area contributed by atoms with Crippen molar-refractivity contribution in [1.82, 2.24) is 9.88 Å². The predicted octanol–water partition coefficient (Wildman–Crippen LogP) is 2.27. The van der Waals surface area contributed by atoms with Crippen LogP contribution in [-0.2, 0) is 6.42 Å². The summed E-state index contributed by atoms with van der Waals surface area (Å²) in [4.78, 5) is 5.93. The first-order valence-corrected chi connectivity index (χ1v) is 9.50. The van der Waals surface area contributed by atoms with Crippen LogP contribution in [0.25, 0.3) is 0 Å². The first-order valence-electron chi connectivity index (χ1n) is 9.50. The summed E-state index contributed by atoms with van der Waals surface area (Å²) in [6.07, 6.45) is 1.29. The minimum atomic E-state index is -0.964. The van der Waals surface area contributed by atoms with Crippen molar-refractivity contribution in [2.24, 2.45) is 11.8 Å². The fraction of sp³-hybridized carbons (Fsp3) is 0.476. The SMILES string of the molecule is Oc1ccc(C(O)CN2CC3CC(O)CC3C2Cc2ccccc2)nc1F. The summed E-state index contributed by atoms with van der Waals surface area (Å²) in [5.74, 6) is -0.659. The second-order valence-corrected chi connectivity index (χ2v) is 7.82. The highest BCUT2D eigenvalue weighted by Crippen LogP contribution is 2.43. The fourth-order valence-electron chi connectivity index (χ4n) is 4.80. The van der Waals surface area contributed by atoms with Gasteiger partial charge in [0.25, 0.3) is 5.95 Å². The van der Waals surface area contributed by atoms with E-state index in [9.17, 15) is 19.7 Å². The third-order valence-corrected chi connectivity index (χ3v) is 6.04. The van der Waals surface area contributed by atoms with E-state index in [0.717, 1.165) is 25.8 Å². The monoisotopic (exact) mass is 372 g/mol. The number of benzene rings is 1. The average Bonchev–Trinajstić information content (AvgIpc) is 3.15. The number of aliphatic hydroxyl groups excluding tert-OH is 2. The summed E-state index contributed by atoms with van der Waals surface area (Å²) < 4.78 is 13.5. The second kappa shape index (κ2) is 7.54. The van der Waals surface area contributed by atoms with Crippen molar-refractivity contribution in [2.75, 3.05) is 13.1 Å². The highest BCUT2D eigenvalue weighted by molar-refractivity contribution is 5.22. The minimum absolute atomic E-state index is 0.223. The van der Waals surface area contributed by atoms with Crippen molar-refractivity contribution < 1.29 is 19.7 Å². The van der Waals surface area contributed by atoms with Crippen molar-refractivity contribution in [1.29, 1.82) is 0 Å². The lowest BCUT2D eigenvalue weighted by atomic mass is 9.90. The Morgan fingerprint density at radius 2 is 1.93 bits per heavy atom. The fourth-order valence-corrected chi connectivity index (χ4v) is 4.80. The van der Waals surface area contributed by atoms with Crippen LogP contribution < -0.4 is 0 Å². The molecule has 1 aromatic heterocycles. The number of halogens is 1. The van der Waals surface area contributed by atoms with E-state index >= 15 is 0 Å². The molecule has 2 aromatic rings. The van der Waals surface area contributed by atoms with Gasteiger partial charge in [-0.25, -0.2) is 4.98 Å². The average molecular weight is 372 g/mol. The van der Waals surface area contributed by atoms with E-state index in [1.54, 1.807) is 0 Å². The number of aromatic hydroxyl groups is 1. The Morgan fingerprint density at radius 3 is 2.67 bits per heavy atom. The zero-order valence-corrected chi connectivity index (χ0v) is 15.1. The molecule has 5 unspecified atom stereocenters. The van der Waals surface area contributed by atoms with Gasteiger partial charge in [-0.1, -0.05) is 30.3 Å². The first kappa shape index (κ1) is 18.3. The van der Waals surface area contributed by atoms with Gasteiger partial charge in [0.15, 0.2) is 5.75 Å². The number of aromatic nitrogens is 1. The largest absolute Gasteiger partial charge is 0.504 e. The molecule has 0 bridgehead atoms. The number of fused-ring (bicyclic) bond motifs is 1. The van der Waals surface area contributed by atoms with E-state index in [0.29, 0.717) is 18.4 Å². The predicted molar refractivity (Wildman–Crippen MR) is 98.5 cm³/mol. The van der Waals surface area contributed by atoms with Crippen molar-refractivity contribution >= 4 is 0 Å². The molecule has 4 rings (SSSR count). The molecular weight excluding hydrogens is 347 g/mol. The molecular formula is C21H25FN2O3. The summed E-state index contributed by atoms with van der Waals surface area (Å²) in [5, 5.41) is 30.0. The zero-order valence-electron chi connectivity index (χ0n) is 15.1. The third-order valence-electron chi connectivity index (χ3n) is 6.04. The Hall–Kier alpha value is -2.02. The van der Waals surface area contributed by atoms with Crippen LogP contribution in [0.4, 0.5) is 4.39 Å². The molecule has 1 aliphatic carbocycles. The van der Waals surface area contributed by atoms with Gasteiger partial charge in [0.1, 0.15) is 6.10 Å². The van der Waals surface area contributed by atoms with Crippen molar-refractivity contribution in [3.63, 3.8) is 0 Å². The molecule has 5 atom stereocenters. The summed E-state index contributed by atoms with van der Waals surface area (Å²) in [5.41, 5.74) is 1.46. The topological polar surface area (TPSA) is 76.8 Å². The van der Waals surface area contributed by atoms with Gasteiger partial charge in [-0.2, -0.15) is 4.39 Å². The molecule has 0 radical (unpaired) electrons. The smallest absolute Gasteiger partial charge is 0.255 e. The number of hydrogen-bond acceptors (Lipinski definition) is 5. The van der Waals surface area contributed by atoms with Gasteiger partial charge < -0.3 is 15.3 Å². The molecule has 3 N–H and O–H groups in total. The molecule has 1 aromatic carbocycles. The van der Waals surface area contributed by atoms with Gasteiger partial charge >= 0.3 is 0 Å². The van der Waals surface area contributed by atoms with E-state index in [1.165, 1.54) is 17.7 Å². The van der Waals surface area contributed by atoms with Gasteiger partial charge in [0.2, 0.25) is 0 Å². The molecule has 2 fully saturated rings. The van der Waals surface area contributed by atoms with Gasteiger partial charge in [-0.3, -0.25) is 4.90 Å². The van der Waals surface area contributed by atoms with Gasteiger partial charge in [-0.15, -0.1) is 0 Å². The molecule has 1 saturated carbocycles. The molecule has 0 spiro atoms.